The Hall–Kier alpha value is -3.95. The predicted octanol–water partition coefficient (Wildman–Crippen LogP) is 3.13. The molecule has 198 valence electrons. The zero-order chi connectivity index (χ0) is 26.4. The number of rotatable bonds is 11. The molecular formula is C27H33N3O7. The lowest BCUT2D eigenvalue weighted by molar-refractivity contribution is -0.121. The summed E-state index contributed by atoms with van der Waals surface area (Å²) in [6.07, 6.45) is 3.09. The number of nitrogens with zero attached hydrogens (tertiary/aromatic N) is 1. The van der Waals surface area contributed by atoms with Gasteiger partial charge in [-0.3, -0.25) is 14.4 Å². The lowest BCUT2D eigenvalue weighted by Crippen LogP contribution is -2.40. The zero-order valence-electron chi connectivity index (χ0n) is 21.4. The van der Waals surface area contributed by atoms with Crippen LogP contribution in [0.25, 0.3) is 0 Å². The van der Waals surface area contributed by atoms with Crippen molar-refractivity contribution in [3.63, 3.8) is 0 Å². The minimum atomic E-state index is -0.438. The molecule has 2 aliphatic heterocycles. The molecule has 1 saturated heterocycles. The van der Waals surface area contributed by atoms with Gasteiger partial charge in [-0.15, -0.1) is 0 Å². The van der Waals surface area contributed by atoms with Crippen molar-refractivity contribution in [3.05, 3.63) is 41.5 Å². The standard InChI is InChI=1S/C27H33N3O7/c1-34-18-10-9-17(22(13-18)35-2)16-28-25(31)8-4-5-12-37-24-15-20-19(14-23(24)36-3)27(33)30-11-6-7-21(30)26(32)29-20/h9-10,13-15,21H,4-8,11-12,16H2,1-3H3,(H,28,31)(H,29,32)/t21-/m0/s1. The molecule has 0 aliphatic carbocycles. The smallest absolute Gasteiger partial charge is 0.256 e. The van der Waals surface area contributed by atoms with Crippen LogP contribution in [0.5, 0.6) is 23.0 Å². The average molecular weight is 512 g/mol. The van der Waals surface area contributed by atoms with E-state index in [4.69, 9.17) is 18.9 Å². The van der Waals surface area contributed by atoms with Crippen molar-refractivity contribution in [2.24, 2.45) is 0 Å². The average Bonchev–Trinajstić information content (AvgIpc) is 3.38. The van der Waals surface area contributed by atoms with Gasteiger partial charge in [-0.2, -0.15) is 0 Å². The number of amides is 3. The van der Waals surface area contributed by atoms with E-state index < -0.39 is 6.04 Å². The highest BCUT2D eigenvalue weighted by molar-refractivity contribution is 6.10. The van der Waals surface area contributed by atoms with Crippen LogP contribution in [-0.4, -0.2) is 63.1 Å². The number of hydrogen-bond acceptors (Lipinski definition) is 7. The highest BCUT2D eigenvalue weighted by Gasteiger charge is 2.39. The lowest BCUT2D eigenvalue weighted by Gasteiger charge is -2.20. The summed E-state index contributed by atoms with van der Waals surface area (Å²) in [6.45, 7) is 1.28. The second kappa shape index (κ2) is 11.9. The molecule has 2 aromatic rings. The first-order valence-corrected chi connectivity index (χ1v) is 12.4. The monoisotopic (exact) mass is 511 g/mol. The van der Waals surface area contributed by atoms with Gasteiger partial charge in [-0.1, -0.05) is 0 Å². The maximum absolute atomic E-state index is 13.0. The first-order chi connectivity index (χ1) is 17.9. The fourth-order valence-corrected chi connectivity index (χ4v) is 4.62. The number of nitrogens with one attached hydrogen (secondary N) is 2. The number of anilines is 1. The number of benzene rings is 2. The van der Waals surface area contributed by atoms with E-state index >= 15 is 0 Å². The van der Waals surface area contributed by atoms with Crippen molar-refractivity contribution < 1.29 is 33.3 Å². The topological polar surface area (TPSA) is 115 Å². The number of methoxy groups -OCH3 is 3. The van der Waals surface area contributed by atoms with Crippen LogP contribution in [-0.2, 0) is 16.1 Å². The Morgan fingerprint density at radius 2 is 1.84 bits per heavy atom. The minimum absolute atomic E-state index is 0.0674. The highest BCUT2D eigenvalue weighted by Crippen LogP contribution is 2.37. The summed E-state index contributed by atoms with van der Waals surface area (Å²) in [5.74, 6) is 1.77. The Labute approximate surface area is 216 Å². The summed E-state index contributed by atoms with van der Waals surface area (Å²) < 4.78 is 21.9. The van der Waals surface area contributed by atoms with Gasteiger partial charge in [0.25, 0.3) is 5.91 Å². The predicted molar refractivity (Wildman–Crippen MR) is 136 cm³/mol. The largest absolute Gasteiger partial charge is 0.497 e. The van der Waals surface area contributed by atoms with Crippen LogP contribution in [0.3, 0.4) is 0 Å². The zero-order valence-corrected chi connectivity index (χ0v) is 21.4. The molecule has 37 heavy (non-hydrogen) atoms. The quantitative estimate of drug-likeness (QED) is 0.446. The van der Waals surface area contributed by atoms with Gasteiger partial charge in [-0.05, 0) is 43.9 Å². The third kappa shape index (κ3) is 5.90. The third-order valence-corrected chi connectivity index (χ3v) is 6.63. The van der Waals surface area contributed by atoms with E-state index in [-0.39, 0.29) is 17.7 Å². The molecule has 0 unspecified atom stereocenters. The fourth-order valence-electron chi connectivity index (χ4n) is 4.62. The third-order valence-electron chi connectivity index (χ3n) is 6.63. The number of ether oxygens (including phenoxy) is 4. The molecule has 0 aromatic heterocycles. The first-order valence-electron chi connectivity index (χ1n) is 12.4. The van der Waals surface area contributed by atoms with Gasteiger partial charge < -0.3 is 34.5 Å². The second-order valence-electron chi connectivity index (χ2n) is 8.95. The van der Waals surface area contributed by atoms with Gasteiger partial charge in [-0.25, -0.2) is 0 Å². The van der Waals surface area contributed by atoms with E-state index in [1.54, 1.807) is 37.3 Å². The Morgan fingerprint density at radius 3 is 2.59 bits per heavy atom. The van der Waals surface area contributed by atoms with E-state index in [1.165, 1.54) is 7.11 Å². The summed E-state index contributed by atoms with van der Waals surface area (Å²) in [7, 11) is 4.67. The molecule has 1 atom stereocenters. The first kappa shape index (κ1) is 26.1. The van der Waals surface area contributed by atoms with Crippen molar-refractivity contribution in [3.8, 4) is 23.0 Å². The van der Waals surface area contributed by atoms with Crippen LogP contribution in [0.15, 0.2) is 30.3 Å². The van der Waals surface area contributed by atoms with E-state index in [0.29, 0.717) is 79.6 Å². The van der Waals surface area contributed by atoms with Crippen molar-refractivity contribution >= 4 is 23.4 Å². The van der Waals surface area contributed by atoms with Gasteiger partial charge in [0.15, 0.2) is 11.5 Å². The van der Waals surface area contributed by atoms with Gasteiger partial charge in [0.05, 0.1) is 39.2 Å². The Kier molecular flexibility index (Phi) is 8.37. The molecule has 0 saturated carbocycles. The van der Waals surface area contributed by atoms with Gasteiger partial charge >= 0.3 is 0 Å². The molecule has 2 aliphatic rings. The van der Waals surface area contributed by atoms with E-state index in [1.807, 2.05) is 12.1 Å². The lowest BCUT2D eigenvalue weighted by atomic mass is 10.1. The van der Waals surface area contributed by atoms with Gasteiger partial charge in [0, 0.05) is 37.2 Å². The Bertz CT molecular complexity index is 1170. The summed E-state index contributed by atoms with van der Waals surface area (Å²) in [6, 6.07) is 8.28. The molecule has 2 aromatic carbocycles. The van der Waals surface area contributed by atoms with Crippen molar-refractivity contribution in [1.29, 1.82) is 0 Å². The number of hydrogen-bond donors (Lipinski definition) is 2. The number of carbonyl (C=O) groups excluding carboxylic acids is 3. The number of fused-ring (bicyclic) bond motifs is 2. The van der Waals surface area contributed by atoms with Crippen LogP contribution >= 0.6 is 0 Å². The van der Waals surface area contributed by atoms with Crippen molar-refractivity contribution in [2.45, 2.75) is 44.7 Å². The molecule has 10 nitrogen and oxygen atoms in total. The number of unbranched alkanes of at least 4 members (excludes halogenated alkanes) is 1. The molecule has 3 amide bonds. The molecule has 10 heteroatoms. The maximum Gasteiger partial charge on any atom is 0.256 e. The maximum atomic E-state index is 13.0. The van der Waals surface area contributed by atoms with Crippen LogP contribution < -0.4 is 29.6 Å². The Balaban J connectivity index is 1.27. The summed E-state index contributed by atoms with van der Waals surface area (Å²) in [5.41, 5.74) is 1.68. The fraction of sp³-hybridized carbons (Fsp3) is 0.444. The molecule has 0 bridgehead atoms. The van der Waals surface area contributed by atoms with E-state index in [9.17, 15) is 14.4 Å². The van der Waals surface area contributed by atoms with Crippen LogP contribution in [0, 0.1) is 0 Å². The SMILES string of the molecule is COc1ccc(CNC(=O)CCCCOc2cc3c(cc2OC)C(=O)N2CCC[C@H]2C(=O)N3)c(OC)c1. The molecule has 1 fully saturated rings. The molecule has 0 spiro atoms. The summed E-state index contributed by atoms with van der Waals surface area (Å²) in [4.78, 5) is 39.5. The number of carbonyl (C=O) groups is 3. The summed E-state index contributed by atoms with van der Waals surface area (Å²) >= 11 is 0. The summed E-state index contributed by atoms with van der Waals surface area (Å²) in [5, 5.41) is 5.77. The second-order valence-corrected chi connectivity index (χ2v) is 8.95. The minimum Gasteiger partial charge on any atom is -0.497 e. The molecule has 4 rings (SSSR count). The van der Waals surface area contributed by atoms with Gasteiger partial charge in [0.1, 0.15) is 17.5 Å². The van der Waals surface area contributed by atoms with Crippen LogP contribution in [0.1, 0.15) is 48.0 Å². The van der Waals surface area contributed by atoms with E-state index in [2.05, 4.69) is 10.6 Å². The van der Waals surface area contributed by atoms with Crippen LogP contribution in [0.2, 0.25) is 0 Å². The van der Waals surface area contributed by atoms with Crippen molar-refractivity contribution in [1.82, 2.24) is 10.2 Å². The normalized spacial score (nSPS) is 16.3. The van der Waals surface area contributed by atoms with Crippen molar-refractivity contribution in [2.75, 3.05) is 39.8 Å². The van der Waals surface area contributed by atoms with Crippen LogP contribution in [0.4, 0.5) is 5.69 Å². The molecular weight excluding hydrogens is 478 g/mol. The van der Waals surface area contributed by atoms with Gasteiger partial charge in [0.2, 0.25) is 11.8 Å². The molecule has 0 radical (unpaired) electrons. The Morgan fingerprint density at radius 1 is 1.03 bits per heavy atom. The molecule has 2 N–H and O–H groups in total. The van der Waals surface area contributed by atoms with E-state index in [0.717, 1.165) is 12.0 Å². The highest BCUT2D eigenvalue weighted by atomic mass is 16.5. The molecule has 2 heterocycles.